The lowest BCUT2D eigenvalue weighted by atomic mass is 9.88. The number of amides is 1. The van der Waals surface area contributed by atoms with E-state index >= 15 is 0 Å². The Labute approximate surface area is 178 Å². The van der Waals surface area contributed by atoms with Gasteiger partial charge in [0.25, 0.3) is 11.1 Å². The third-order valence-electron chi connectivity index (χ3n) is 5.69. The van der Waals surface area contributed by atoms with Crippen LogP contribution >= 0.6 is 11.8 Å². The van der Waals surface area contributed by atoms with Gasteiger partial charge >= 0.3 is 0 Å². The average Bonchev–Trinajstić information content (AvgIpc) is 3.14. The second kappa shape index (κ2) is 10.6. The van der Waals surface area contributed by atoms with Gasteiger partial charge in [-0.25, -0.2) is 0 Å². The molecule has 1 heterocycles. The maximum Gasteiger partial charge on any atom is 0.286 e. The lowest BCUT2D eigenvalue weighted by molar-refractivity contribution is -0.126. The van der Waals surface area contributed by atoms with Crippen LogP contribution in [0.1, 0.15) is 76.9 Å². The van der Waals surface area contributed by atoms with Gasteiger partial charge in [-0.1, -0.05) is 44.9 Å². The largest absolute Gasteiger partial charge is 0.408 e. The minimum atomic E-state index is -0.624. The molecule has 2 rings (SSSR count). The second-order valence-corrected chi connectivity index (χ2v) is 10.2. The van der Waals surface area contributed by atoms with Crippen LogP contribution in [0, 0.1) is 11.8 Å². The molecule has 1 atom stereocenters. The summed E-state index contributed by atoms with van der Waals surface area (Å²) in [5.41, 5.74) is -0.0442. The Morgan fingerprint density at radius 3 is 2.45 bits per heavy atom. The number of ketones is 1. The molecule has 1 aliphatic rings. The fraction of sp³-hybridized carbons (Fsp3) is 0.810. The summed E-state index contributed by atoms with van der Waals surface area (Å²) >= 11 is 1.43. The van der Waals surface area contributed by atoms with Crippen molar-refractivity contribution in [2.24, 2.45) is 11.8 Å². The van der Waals surface area contributed by atoms with E-state index in [1.807, 2.05) is 27.9 Å². The number of aromatic nitrogens is 2. The van der Waals surface area contributed by atoms with Crippen LogP contribution in [-0.4, -0.2) is 58.2 Å². The quantitative estimate of drug-likeness (QED) is 0.451. The second-order valence-electron chi connectivity index (χ2n) is 9.26. The van der Waals surface area contributed by atoms with E-state index in [1.54, 1.807) is 0 Å². The van der Waals surface area contributed by atoms with E-state index in [1.165, 1.54) is 18.2 Å². The molecule has 0 aromatic carbocycles. The summed E-state index contributed by atoms with van der Waals surface area (Å²) < 4.78 is 5.63. The minimum absolute atomic E-state index is 0.00767. The Morgan fingerprint density at radius 1 is 1.21 bits per heavy atom. The van der Waals surface area contributed by atoms with Gasteiger partial charge in [0.05, 0.1) is 6.04 Å². The molecule has 1 aromatic rings. The first-order chi connectivity index (χ1) is 13.6. The van der Waals surface area contributed by atoms with Gasteiger partial charge in [-0.2, -0.15) is 0 Å². The lowest BCUT2D eigenvalue weighted by Gasteiger charge is -2.31. The number of nitrogens with zero attached hydrogens (tertiary/aromatic N) is 3. The summed E-state index contributed by atoms with van der Waals surface area (Å²) in [4.78, 5) is 27.8. The number of hydrogen-bond acceptors (Lipinski definition) is 7. The predicted octanol–water partition coefficient (Wildman–Crippen LogP) is 3.80. The van der Waals surface area contributed by atoms with Crippen molar-refractivity contribution in [3.8, 4) is 0 Å². The first-order valence-electron chi connectivity index (χ1n) is 10.6. The number of carbonyl (C=O) groups excluding carboxylic acids is 2. The van der Waals surface area contributed by atoms with Gasteiger partial charge in [0.15, 0.2) is 0 Å². The zero-order valence-electron chi connectivity index (χ0n) is 18.7. The molecule has 1 N–H and O–H groups in total. The van der Waals surface area contributed by atoms with E-state index in [0.717, 1.165) is 31.4 Å². The van der Waals surface area contributed by atoms with Crippen LogP contribution in [0.25, 0.3) is 0 Å². The molecule has 1 aliphatic carbocycles. The number of rotatable bonds is 10. The maximum absolute atomic E-state index is 13.0. The normalized spacial score (nSPS) is 17.0. The van der Waals surface area contributed by atoms with Crippen molar-refractivity contribution in [1.29, 1.82) is 0 Å². The Kier molecular flexibility index (Phi) is 8.70. The molecule has 1 fully saturated rings. The van der Waals surface area contributed by atoms with Gasteiger partial charge in [-0.05, 0) is 53.1 Å². The molecular formula is C21H36N4O3S. The first kappa shape index (κ1) is 23.9. The highest BCUT2D eigenvalue weighted by molar-refractivity contribution is 7.99. The zero-order chi connectivity index (χ0) is 21.6. The Morgan fingerprint density at radius 2 is 1.86 bits per heavy atom. The summed E-state index contributed by atoms with van der Waals surface area (Å²) in [6, 6.07) is -0.624. The number of carbonyl (C=O) groups is 2. The Bertz CT molecular complexity index is 681. The molecule has 0 radical (unpaired) electrons. The van der Waals surface area contributed by atoms with E-state index in [4.69, 9.17) is 4.42 Å². The van der Waals surface area contributed by atoms with Crippen molar-refractivity contribution in [2.45, 2.75) is 83.0 Å². The molecule has 0 saturated heterocycles. The third kappa shape index (κ3) is 7.10. The van der Waals surface area contributed by atoms with E-state index in [9.17, 15) is 9.59 Å². The van der Waals surface area contributed by atoms with Gasteiger partial charge in [0.1, 0.15) is 0 Å². The highest BCUT2D eigenvalue weighted by Gasteiger charge is 2.31. The highest BCUT2D eigenvalue weighted by atomic mass is 32.2. The molecule has 0 bridgehead atoms. The van der Waals surface area contributed by atoms with Crippen LogP contribution in [0.2, 0.25) is 0 Å². The van der Waals surface area contributed by atoms with Crippen molar-refractivity contribution >= 4 is 23.5 Å². The predicted molar refractivity (Wildman–Crippen MR) is 115 cm³/mol. The summed E-state index contributed by atoms with van der Waals surface area (Å²) in [6.45, 7) is 8.32. The standard InChI is InChI=1S/C21H36N4O3S/c1-14(2)12-16(22-18(27)15-10-8-7-9-11-15)17(26)19-23-24-20(28-19)29-13-21(3,4)25(5)6/h14-16H,7-13H2,1-6H3,(H,22,27). The van der Waals surface area contributed by atoms with E-state index < -0.39 is 6.04 Å². The van der Waals surface area contributed by atoms with E-state index in [-0.39, 0.29) is 35.0 Å². The Hall–Kier alpha value is -1.41. The van der Waals surface area contributed by atoms with Gasteiger partial charge < -0.3 is 14.6 Å². The van der Waals surface area contributed by atoms with Crippen molar-refractivity contribution in [2.75, 3.05) is 19.8 Å². The van der Waals surface area contributed by atoms with Crippen molar-refractivity contribution in [1.82, 2.24) is 20.4 Å². The van der Waals surface area contributed by atoms with Crippen LogP contribution < -0.4 is 5.32 Å². The average molecular weight is 425 g/mol. The van der Waals surface area contributed by atoms with Crippen molar-refractivity contribution in [3.05, 3.63) is 5.89 Å². The smallest absolute Gasteiger partial charge is 0.286 e. The van der Waals surface area contributed by atoms with Crippen LogP contribution in [-0.2, 0) is 4.79 Å². The van der Waals surface area contributed by atoms with E-state index in [2.05, 4.69) is 34.3 Å². The highest BCUT2D eigenvalue weighted by Crippen LogP contribution is 2.26. The number of nitrogens with one attached hydrogen (secondary N) is 1. The molecule has 1 amide bonds. The number of thioether (sulfide) groups is 1. The molecule has 0 spiro atoms. The monoisotopic (exact) mass is 424 g/mol. The van der Waals surface area contributed by atoms with E-state index in [0.29, 0.717) is 11.6 Å². The first-order valence-corrected chi connectivity index (χ1v) is 11.6. The molecule has 1 saturated carbocycles. The molecule has 8 heteroatoms. The Balaban J connectivity index is 2.03. The minimum Gasteiger partial charge on any atom is -0.408 e. The van der Waals surface area contributed by atoms with Crippen LogP contribution in [0.5, 0.6) is 0 Å². The SMILES string of the molecule is CC(C)CC(NC(=O)C1CCCCC1)C(=O)c1nnc(SCC(C)(C)N(C)C)o1. The third-order valence-corrected chi connectivity index (χ3v) is 6.96. The summed E-state index contributed by atoms with van der Waals surface area (Å²) in [5, 5.41) is 11.3. The topological polar surface area (TPSA) is 88.3 Å². The van der Waals surface area contributed by atoms with Gasteiger partial charge in [0, 0.05) is 17.2 Å². The zero-order valence-corrected chi connectivity index (χ0v) is 19.5. The summed E-state index contributed by atoms with van der Waals surface area (Å²) in [6.07, 6.45) is 5.69. The fourth-order valence-corrected chi connectivity index (χ4v) is 4.21. The molecule has 7 nitrogen and oxygen atoms in total. The van der Waals surface area contributed by atoms with Crippen LogP contribution in [0.3, 0.4) is 0 Å². The van der Waals surface area contributed by atoms with Crippen LogP contribution in [0.15, 0.2) is 9.64 Å². The molecular weight excluding hydrogens is 388 g/mol. The van der Waals surface area contributed by atoms with Gasteiger partial charge in [-0.3, -0.25) is 9.59 Å². The lowest BCUT2D eigenvalue weighted by Crippen LogP contribution is -2.45. The van der Waals surface area contributed by atoms with Gasteiger partial charge in [0.2, 0.25) is 11.7 Å². The molecule has 1 unspecified atom stereocenters. The fourth-order valence-electron chi connectivity index (χ4n) is 3.24. The summed E-state index contributed by atoms with van der Waals surface area (Å²) in [7, 11) is 4.05. The molecule has 29 heavy (non-hydrogen) atoms. The van der Waals surface area contributed by atoms with Gasteiger partial charge in [-0.15, -0.1) is 10.2 Å². The van der Waals surface area contributed by atoms with Crippen molar-refractivity contribution < 1.29 is 14.0 Å². The number of hydrogen-bond donors (Lipinski definition) is 1. The maximum atomic E-state index is 13.0. The van der Waals surface area contributed by atoms with Crippen molar-refractivity contribution in [3.63, 3.8) is 0 Å². The summed E-state index contributed by atoms with van der Waals surface area (Å²) in [5.74, 6) is 0.676. The molecule has 0 aliphatic heterocycles. The van der Waals surface area contributed by atoms with Crippen LogP contribution in [0.4, 0.5) is 0 Å². The molecule has 164 valence electrons. The molecule has 1 aromatic heterocycles. The number of Topliss-reactive ketones (excluding diaryl/α,β-unsaturated/α-hetero) is 1.